The predicted octanol–water partition coefficient (Wildman–Crippen LogP) is 2.73. The maximum atomic E-state index is 2.98. The van der Waals surface area contributed by atoms with Crippen molar-refractivity contribution in [1.29, 1.82) is 0 Å². The van der Waals surface area contributed by atoms with E-state index < -0.39 is 0 Å². The smallest absolute Gasteiger partial charge is 0.0549 e. The van der Waals surface area contributed by atoms with Crippen molar-refractivity contribution in [2.45, 2.75) is 5.54 Å². The minimum Gasteiger partial charge on any atom is -0.154 e. The Balaban J connectivity index is 2.34. The summed E-state index contributed by atoms with van der Waals surface area (Å²) >= 11 is 0. The molecule has 0 bridgehead atoms. The standard InChI is InChI=1S/C13H15PSi/c14-15-13(11-7-3-1-4-8-11)12-9-5-2-6-10-12/h1-10,13H,14-15H2. The molecule has 0 aliphatic heterocycles. The highest BCUT2D eigenvalue weighted by molar-refractivity contribution is 7.56. The van der Waals surface area contributed by atoms with Crippen LogP contribution in [0.1, 0.15) is 16.7 Å². The zero-order chi connectivity index (χ0) is 10.5. The second kappa shape index (κ2) is 5.25. The summed E-state index contributed by atoms with van der Waals surface area (Å²) < 4.78 is 0. The molecule has 2 heteroatoms. The first-order valence-electron chi connectivity index (χ1n) is 5.22. The van der Waals surface area contributed by atoms with Crippen molar-refractivity contribution in [2.24, 2.45) is 0 Å². The summed E-state index contributed by atoms with van der Waals surface area (Å²) in [6.07, 6.45) is 0. The van der Waals surface area contributed by atoms with Gasteiger partial charge in [-0.3, -0.25) is 0 Å². The zero-order valence-corrected chi connectivity index (χ0v) is 11.2. The highest BCUT2D eigenvalue weighted by Gasteiger charge is 2.10. The van der Waals surface area contributed by atoms with Crippen molar-refractivity contribution >= 4 is 18.0 Å². The molecule has 1 unspecified atom stereocenters. The van der Waals surface area contributed by atoms with Crippen LogP contribution in [0, 0.1) is 0 Å². The molecule has 76 valence electrons. The van der Waals surface area contributed by atoms with Crippen molar-refractivity contribution in [2.75, 3.05) is 0 Å². The van der Waals surface area contributed by atoms with Crippen LogP contribution in [0.2, 0.25) is 0 Å². The van der Waals surface area contributed by atoms with E-state index in [1.54, 1.807) is 0 Å². The van der Waals surface area contributed by atoms with Gasteiger partial charge < -0.3 is 0 Å². The number of benzene rings is 2. The molecular formula is C13H15PSi. The van der Waals surface area contributed by atoms with Gasteiger partial charge in [0.2, 0.25) is 0 Å². The van der Waals surface area contributed by atoms with Gasteiger partial charge in [-0.2, -0.15) is 8.79 Å². The van der Waals surface area contributed by atoms with Gasteiger partial charge in [-0.05, 0) is 11.1 Å². The average molecular weight is 230 g/mol. The largest absolute Gasteiger partial charge is 0.154 e. The van der Waals surface area contributed by atoms with E-state index in [1.165, 1.54) is 11.1 Å². The monoisotopic (exact) mass is 230 g/mol. The van der Waals surface area contributed by atoms with E-state index in [2.05, 4.69) is 69.5 Å². The van der Waals surface area contributed by atoms with Gasteiger partial charge >= 0.3 is 0 Å². The molecule has 0 N–H and O–H groups in total. The van der Waals surface area contributed by atoms with Crippen molar-refractivity contribution in [1.82, 2.24) is 0 Å². The molecule has 0 saturated carbocycles. The fourth-order valence-corrected chi connectivity index (χ4v) is 4.56. The molecule has 0 heterocycles. The van der Waals surface area contributed by atoms with E-state index in [-0.39, 0.29) is 9.19 Å². The van der Waals surface area contributed by atoms with E-state index in [0.717, 1.165) is 0 Å². The topological polar surface area (TPSA) is 0 Å². The maximum Gasteiger partial charge on any atom is 0.0549 e. The molecular weight excluding hydrogens is 215 g/mol. The summed E-state index contributed by atoms with van der Waals surface area (Å²) in [5.41, 5.74) is 3.54. The molecule has 2 aromatic carbocycles. The molecule has 0 amide bonds. The first-order valence-corrected chi connectivity index (χ1v) is 9.30. The van der Waals surface area contributed by atoms with Crippen molar-refractivity contribution in [3.05, 3.63) is 71.8 Å². The van der Waals surface area contributed by atoms with Crippen LogP contribution in [0.15, 0.2) is 60.7 Å². The molecule has 0 aliphatic carbocycles. The molecule has 0 nitrogen and oxygen atoms in total. The second-order valence-corrected chi connectivity index (χ2v) is 6.31. The summed E-state index contributed by atoms with van der Waals surface area (Å²) in [7, 11) is 2.83. The minimum absolute atomic E-state index is 0.152. The van der Waals surface area contributed by atoms with Gasteiger partial charge in [0.05, 0.1) is 9.19 Å². The third kappa shape index (κ3) is 2.56. The summed E-state index contributed by atoms with van der Waals surface area (Å²) in [4.78, 5) is 0. The zero-order valence-electron chi connectivity index (χ0n) is 8.64. The minimum atomic E-state index is -0.152. The van der Waals surface area contributed by atoms with Crippen LogP contribution >= 0.6 is 8.79 Å². The Morgan fingerprint density at radius 3 is 1.47 bits per heavy atom. The SMILES string of the molecule is P[SiH2]C(c1ccccc1)c1ccccc1. The highest BCUT2D eigenvalue weighted by atomic mass is 31.3. The summed E-state index contributed by atoms with van der Waals surface area (Å²) in [5.74, 6) is 0. The van der Waals surface area contributed by atoms with Crippen LogP contribution in [-0.4, -0.2) is 9.19 Å². The van der Waals surface area contributed by atoms with E-state index in [4.69, 9.17) is 0 Å². The van der Waals surface area contributed by atoms with E-state index in [0.29, 0.717) is 5.54 Å². The first kappa shape index (κ1) is 10.6. The van der Waals surface area contributed by atoms with Crippen molar-refractivity contribution < 1.29 is 0 Å². The van der Waals surface area contributed by atoms with E-state index in [9.17, 15) is 0 Å². The molecule has 2 aromatic rings. The molecule has 0 spiro atoms. The van der Waals surface area contributed by atoms with Crippen LogP contribution in [0.5, 0.6) is 0 Å². The predicted molar refractivity (Wildman–Crippen MR) is 73.0 cm³/mol. The van der Waals surface area contributed by atoms with Crippen LogP contribution in [0.4, 0.5) is 0 Å². The summed E-state index contributed by atoms with van der Waals surface area (Å²) in [6, 6.07) is 21.6. The Morgan fingerprint density at radius 1 is 0.733 bits per heavy atom. The molecule has 0 saturated heterocycles. The molecule has 0 aliphatic rings. The summed E-state index contributed by atoms with van der Waals surface area (Å²) in [5, 5.41) is 0. The lowest BCUT2D eigenvalue weighted by atomic mass is 10.0. The third-order valence-electron chi connectivity index (χ3n) is 2.64. The lowest BCUT2D eigenvalue weighted by Crippen LogP contribution is -2.04. The van der Waals surface area contributed by atoms with Crippen LogP contribution in [0.3, 0.4) is 0 Å². The Kier molecular flexibility index (Phi) is 3.71. The van der Waals surface area contributed by atoms with Crippen molar-refractivity contribution in [3.8, 4) is 0 Å². The fraction of sp³-hybridized carbons (Fsp3) is 0.0769. The quantitative estimate of drug-likeness (QED) is 0.562. The Morgan fingerprint density at radius 2 is 1.13 bits per heavy atom. The Bertz CT molecular complexity index is 360. The molecule has 2 rings (SSSR count). The van der Waals surface area contributed by atoms with Crippen LogP contribution in [-0.2, 0) is 0 Å². The molecule has 0 radical (unpaired) electrons. The lowest BCUT2D eigenvalue weighted by Gasteiger charge is -2.14. The average Bonchev–Trinajstić information content (AvgIpc) is 2.33. The van der Waals surface area contributed by atoms with Gasteiger partial charge in [-0.1, -0.05) is 60.7 Å². The van der Waals surface area contributed by atoms with E-state index >= 15 is 0 Å². The Labute approximate surface area is 95.6 Å². The highest BCUT2D eigenvalue weighted by Crippen LogP contribution is 2.24. The molecule has 0 aromatic heterocycles. The van der Waals surface area contributed by atoms with Crippen LogP contribution in [0.25, 0.3) is 0 Å². The molecule has 15 heavy (non-hydrogen) atoms. The molecule has 0 fully saturated rings. The van der Waals surface area contributed by atoms with Crippen molar-refractivity contribution in [3.63, 3.8) is 0 Å². The summed E-state index contributed by atoms with van der Waals surface area (Å²) in [6.45, 7) is 0. The van der Waals surface area contributed by atoms with Crippen LogP contribution < -0.4 is 0 Å². The number of hydrogen-bond acceptors (Lipinski definition) is 0. The van der Waals surface area contributed by atoms with Gasteiger partial charge in [0, 0.05) is 5.54 Å². The number of rotatable bonds is 3. The maximum absolute atomic E-state index is 2.98. The van der Waals surface area contributed by atoms with Gasteiger partial charge in [0.25, 0.3) is 0 Å². The van der Waals surface area contributed by atoms with E-state index in [1.807, 2.05) is 0 Å². The first-order chi connectivity index (χ1) is 7.42. The third-order valence-corrected chi connectivity index (χ3v) is 5.47. The fourth-order valence-electron chi connectivity index (χ4n) is 1.84. The second-order valence-electron chi connectivity index (χ2n) is 3.61. The normalized spacial score (nSPS) is 11.3. The van der Waals surface area contributed by atoms with Gasteiger partial charge in [-0.25, -0.2) is 0 Å². The van der Waals surface area contributed by atoms with Gasteiger partial charge in [0.15, 0.2) is 0 Å². The number of hydrogen-bond donors (Lipinski definition) is 0. The lowest BCUT2D eigenvalue weighted by molar-refractivity contribution is 1.14. The molecule has 1 atom stereocenters. The van der Waals surface area contributed by atoms with Gasteiger partial charge in [0.1, 0.15) is 0 Å². The Hall–Kier alpha value is -0.913. The van der Waals surface area contributed by atoms with Gasteiger partial charge in [-0.15, -0.1) is 0 Å².